The fraction of sp³-hybridized carbons (Fsp3) is 0.208. The number of pyridine rings is 1. The lowest BCUT2D eigenvalue weighted by atomic mass is 10.1. The lowest BCUT2D eigenvalue weighted by molar-refractivity contribution is 0.0651. The number of anilines is 1. The Morgan fingerprint density at radius 3 is 2.43 bits per heavy atom. The van der Waals surface area contributed by atoms with Gasteiger partial charge in [0.2, 0.25) is 0 Å². The predicted molar refractivity (Wildman–Crippen MR) is 116 cm³/mol. The van der Waals surface area contributed by atoms with E-state index in [9.17, 15) is 9.59 Å². The van der Waals surface area contributed by atoms with E-state index in [0.717, 1.165) is 11.1 Å². The third kappa shape index (κ3) is 5.99. The maximum absolute atomic E-state index is 12.6. The van der Waals surface area contributed by atoms with Crippen LogP contribution >= 0.6 is 0 Å². The van der Waals surface area contributed by atoms with Gasteiger partial charge in [0.15, 0.2) is 0 Å². The van der Waals surface area contributed by atoms with Crippen molar-refractivity contribution >= 4 is 17.5 Å². The Labute approximate surface area is 176 Å². The van der Waals surface area contributed by atoms with Crippen LogP contribution in [-0.2, 0) is 17.9 Å². The molecule has 2 N–H and O–H groups in total. The number of nitrogens with zero attached hydrogens (tertiary/aromatic N) is 1. The number of hydrogen-bond donors (Lipinski definition) is 2. The molecule has 6 heteroatoms. The highest BCUT2D eigenvalue weighted by Crippen LogP contribution is 2.14. The average molecular weight is 403 g/mol. The minimum Gasteiger partial charge on any atom is -0.374 e. The maximum atomic E-state index is 12.6. The van der Waals surface area contributed by atoms with Crippen molar-refractivity contribution in [2.45, 2.75) is 33.1 Å². The first-order valence-corrected chi connectivity index (χ1v) is 9.81. The Bertz CT molecular complexity index is 1000. The fourth-order valence-corrected chi connectivity index (χ4v) is 2.84. The highest BCUT2D eigenvalue weighted by Gasteiger charge is 2.10. The van der Waals surface area contributed by atoms with Crippen molar-refractivity contribution < 1.29 is 14.3 Å². The normalized spacial score (nSPS) is 10.6. The molecule has 6 nitrogen and oxygen atoms in total. The van der Waals surface area contributed by atoms with Crippen molar-refractivity contribution in [3.05, 3.63) is 95.3 Å². The molecule has 1 heterocycles. The van der Waals surface area contributed by atoms with E-state index in [1.165, 1.54) is 6.20 Å². The Morgan fingerprint density at radius 2 is 1.70 bits per heavy atom. The van der Waals surface area contributed by atoms with Crippen LogP contribution in [0.3, 0.4) is 0 Å². The van der Waals surface area contributed by atoms with Gasteiger partial charge in [-0.3, -0.25) is 14.6 Å². The van der Waals surface area contributed by atoms with Gasteiger partial charge in [-0.25, -0.2) is 0 Å². The quantitative estimate of drug-likeness (QED) is 0.591. The molecule has 1 aromatic heterocycles. The van der Waals surface area contributed by atoms with Crippen LogP contribution in [0, 0.1) is 0 Å². The van der Waals surface area contributed by atoms with Crippen LogP contribution in [0.15, 0.2) is 73.1 Å². The molecule has 0 bridgehead atoms. The number of carbonyl (C=O) groups excluding carboxylic acids is 2. The monoisotopic (exact) mass is 403 g/mol. The molecule has 0 aliphatic carbocycles. The molecule has 3 aromatic rings. The zero-order valence-corrected chi connectivity index (χ0v) is 17.1. The molecular weight excluding hydrogens is 378 g/mol. The van der Waals surface area contributed by atoms with Gasteiger partial charge in [-0.1, -0.05) is 30.3 Å². The Hall–Kier alpha value is -3.51. The lowest BCUT2D eigenvalue weighted by Crippen LogP contribution is -2.24. The topological polar surface area (TPSA) is 80.3 Å². The van der Waals surface area contributed by atoms with Gasteiger partial charge >= 0.3 is 0 Å². The molecule has 2 aromatic carbocycles. The van der Waals surface area contributed by atoms with E-state index in [2.05, 4.69) is 15.6 Å². The van der Waals surface area contributed by atoms with Gasteiger partial charge in [0.25, 0.3) is 11.8 Å². The molecule has 154 valence electrons. The summed E-state index contributed by atoms with van der Waals surface area (Å²) in [5.41, 5.74) is 3.52. The highest BCUT2D eigenvalue weighted by atomic mass is 16.5. The standard InChI is InChI=1S/C24H25N3O3/c1-17(2)30-16-21-8-4-3-7-19(21)15-26-23(28)18-9-5-11-22(13-18)27-24(29)20-10-6-12-25-14-20/h3-14,17H,15-16H2,1-2H3,(H,26,28)(H,27,29). The number of nitrogens with one attached hydrogen (secondary N) is 2. The molecule has 0 spiro atoms. The number of benzene rings is 2. The molecule has 0 saturated heterocycles. The Kier molecular flexibility index (Phi) is 7.29. The van der Waals surface area contributed by atoms with E-state index >= 15 is 0 Å². The summed E-state index contributed by atoms with van der Waals surface area (Å²) in [6.45, 7) is 4.87. The summed E-state index contributed by atoms with van der Waals surface area (Å²) >= 11 is 0. The summed E-state index contributed by atoms with van der Waals surface area (Å²) < 4.78 is 5.69. The maximum Gasteiger partial charge on any atom is 0.257 e. The Balaban J connectivity index is 1.63. The molecule has 0 aliphatic heterocycles. The molecule has 0 radical (unpaired) electrons. The molecule has 0 aliphatic rings. The van der Waals surface area contributed by atoms with Crippen molar-refractivity contribution in [1.82, 2.24) is 10.3 Å². The van der Waals surface area contributed by atoms with Gasteiger partial charge in [0.05, 0.1) is 18.3 Å². The first-order chi connectivity index (χ1) is 14.5. The van der Waals surface area contributed by atoms with E-state index in [0.29, 0.717) is 30.0 Å². The van der Waals surface area contributed by atoms with Crippen LogP contribution in [0.5, 0.6) is 0 Å². The molecular formula is C24H25N3O3. The number of ether oxygens (including phenoxy) is 1. The minimum absolute atomic E-state index is 0.136. The molecule has 0 unspecified atom stereocenters. The van der Waals surface area contributed by atoms with Crippen LogP contribution in [0.25, 0.3) is 0 Å². The molecule has 30 heavy (non-hydrogen) atoms. The second kappa shape index (κ2) is 10.3. The molecule has 0 atom stereocenters. The second-order valence-electron chi connectivity index (χ2n) is 7.09. The smallest absolute Gasteiger partial charge is 0.257 e. The van der Waals surface area contributed by atoms with Gasteiger partial charge in [-0.05, 0) is 55.3 Å². The average Bonchev–Trinajstić information content (AvgIpc) is 2.77. The number of hydrogen-bond acceptors (Lipinski definition) is 4. The summed E-state index contributed by atoms with van der Waals surface area (Å²) in [5.74, 6) is -0.494. The Morgan fingerprint density at radius 1 is 0.933 bits per heavy atom. The summed E-state index contributed by atoms with van der Waals surface area (Å²) in [6, 6.07) is 18.1. The third-order valence-corrected chi connectivity index (χ3v) is 4.44. The van der Waals surface area contributed by atoms with E-state index < -0.39 is 0 Å². The van der Waals surface area contributed by atoms with E-state index in [1.807, 2.05) is 38.1 Å². The summed E-state index contributed by atoms with van der Waals surface area (Å²) in [5, 5.41) is 5.73. The fourth-order valence-electron chi connectivity index (χ4n) is 2.84. The van der Waals surface area contributed by atoms with Gasteiger partial charge in [0, 0.05) is 30.2 Å². The van der Waals surface area contributed by atoms with Crippen molar-refractivity contribution in [3.63, 3.8) is 0 Å². The van der Waals surface area contributed by atoms with E-state index in [1.54, 1.807) is 42.6 Å². The zero-order chi connectivity index (χ0) is 21.3. The van der Waals surface area contributed by atoms with Crippen molar-refractivity contribution in [1.29, 1.82) is 0 Å². The number of amides is 2. The molecule has 0 fully saturated rings. The van der Waals surface area contributed by atoms with Gasteiger partial charge in [0.1, 0.15) is 0 Å². The summed E-state index contributed by atoms with van der Waals surface area (Å²) in [7, 11) is 0. The van der Waals surface area contributed by atoms with Crippen LogP contribution in [-0.4, -0.2) is 22.9 Å². The second-order valence-corrected chi connectivity index (χ2v) is 7.09. The van der Waals surface area contributed by atoms with Crippen molar-refractivity contribution in [2.24, 2.45) is 0 Å². The largest absolute Gasteiger partial charge is 0.374 e. The van der Waals surface area contributed by atoms with Crippen molar-refractivity contribution in [2.75, 3.05) is 5.32 Å². The first-order valence-electron chi connectivity index (χ1n) is 9.81. The van der Waals surface area contributed by atoms with Crippen LogP contribution in [0.2, 0.25) is 0 Å². The zero-order valence-electron chi connectivity index (χ0n) is 17.1. The summed E-state index contributed by atoms with van der Waals surface area (Å²) in [6.07, 6.45) is 3.23. The van der Waals surface area contributed by atoms with Crippen LogP contribution in [0.1, 0.15) is 45.7 Å². The third-order valence-electron chi connectivity index (χ3n) is 4.44. The van der Waals surface area contributed by atoms with Gasteiger partial charge in [-0.15, -0.1) is 0 Å². The lowest BCUT2D eigenvalue weighted by Gasteiger charge is -2.13. The number of aromatic nitrogens is 1. The first kappa shape index (κ1) is 21.2. The summed E-state index contributed by atoms with van der Waals surface area (Å²) in [4.78, 5) is 28.9. The van der Waals surface area contributed by atoms with Crippen LogP contribution in [0.4, 0.5) is 5.69 Å². The van der Waals surface area contributed by atoms with E-state index in [-0.39, 0.29) is 17.9 Å². The molecule has 0 saturated carbocycles. The van der Waals surface area contributed by atoms with Crippen molar-refractivity contribution in [3.8, 4) is 0 Å². The van der Waals surface area contributed by atoms with Gasteiger partial charge in [-0.2, -0.15) is 0 Å². The van der Waals surface area contributed by atoms with Gasteiger partial charge < -0.3 is 15.4 Å². The molecule has 2 amide bonds. The molecule has 3 rings (SSSR count). The highest BCUT2D eigenvalue weighted by molar-refractivity contribution is 6.04. The SMILES string of the molecule is CC(C)OCc1ccccc1CNC(=O)c1cccc(NC(=O)c2cccnc2)c1. The number of rotatable bonds is 8. The minimum atomic E-state index is -0.278. The predicted octanol–water partition coefficient (Wildman–Crippen LogP) is 4.19. The van der Waals surface area contributed by atoms with E-state index in [4.69, 9.17) is 4.74 Å². The van der Waals surface area contributed by atoms with Crippen LogP contribution < -0.4 is 10.6 Å². The number of carbonyl (C=O) groups is 2.